The Kier molecular flexibility index (Phi) is 5.41. The number of piperazine rings is 1. The normalized spacial score (nSPS) is 25.4. The molecule has 1 aromatic carbocycles. The largest absolute Gasteiger partial charge is 0.496 e. The molecule has 1 aliphatic carbocycles. The maximum atomic E-state index is 12.7. The van der Waals surface area contributed by atoms with Gasteiger partial charge in [-0.3, -0.25) is 9.69 Å². The van der Waals surface area contributed by atoms with Crippen LogP contribution < -0.4 is 4.74 Å². The van der Waals surface area contributed by atoms with Gasteiger partial charge in [-0.1, -0.05) is 25.1 Å². The molecule has 1 aromatic rings. The van der Waals surface area contributed by atoms with Gasteiger partial charge >= 0.3 is 0 Å². The summed E-state index contributed by atoms with van der Waals surface area (Å²) in [6.45, 7) is 5.96. The van der Waals surface area contributed by atoms with Crippen molar-refractivity contribution in [2.75, 3.05) is 39.8 Å². The highest BCUT2D eigenvalue weighted by atomic mass is 16.5. The van der Waals surface area contributed by atoms with Gasteiger partial charge in [-0.05, 0) is 30.4 Å². The van der Waals surface area contributed by atoms with E-state index in [0.29, 0.717) is 12.5 Å². The van der Waals surface area contributed by atoms with Crippen LogP contribution in [0.3, 0.4) is 0 Å². The Balaban J connectivity index is 1.52. The van der Waals surface area contributed by atoms with E-state index in [0.717, 1.165) is 50.3 Å². The van der Waals surface area contributed by atoms with Gasteiger partial charge in [-0.25, -0.2) is 0 Å². The Morgan fingerprint density at radius 1 is 1.29 bits per heavy atom. The van der Waals surface area contributed by atoms with Crippen molar-refractivity contribution in [1.82, 2.24) is 9.80 Å². The molecule has 1 heterocycles. The average Bonchev–Trinajstić information content (AvgIpc) is 3.42. The van der Waals surface area contributed by atoms with Crippen molar-refractivity contribution in [3.8, 4) is 5.75 Å². The molecule has 1 saturated carbocycles. The van der Waals surface area contributed by atoms with Crippen molar-refractivity contribution in [2.45, 2.75) is 31.8 Å². The van der Waals surface area contributed by atoms with E-state index in [1.165, 1.54) is 0 Å². The number of carbonyl (C=O) groups is 1. The number of aliphatic hydroxyl groups excluding tert-OH is 1. The lowest BCUT2D eigenvalue weighted by Crippen LogP contribution is -2.50. The highest BCUT2D eigenvalue weighted by Crippen LogP contribution is 2.51. The third kappa shape index (κ3) is 3.73. The number of benzene rings is 1. The van der Waals surface area contributed by atoms with Crippen molar-refractivity contribution in [3.63, 3.8) is 0 Å². The van der Waals surface area contributed by atoms with Crippen molar-refractivity contribution < 1.29 is 14.6 Å². The standard InChI is InChI=1S/C19H28N2O3/c1-3-14(22)13-20-8-10-21(11-9-20)19(23)17-12-16(17)15-6-4-5-7-18(15)24-2/h4-7,14,16-17,22H,3,8-13H2,1-2H3/t14-,16-,17+/m0/s1. The number of methoxy groups -OCH3 is 1. The second-order valence-electron chi connectivity index (χ2n) is 6.88. The van der Waals surface area contributed by atoms with E-state index in [1.807, 2.05) is 30.0 Å². The molecule has 3 atom stereocenters. The Hall–Kier alpha value is -1.59. The summed E-state index contributed by atoms with van der Waals surface area (Å²) in [4.78, 5) is 17.0. The van der Waals surface area contributed by atoms with Gasteiger partial charge in [0, 0.05) is 38.6 Å². The summed E-state index contributed by atoms with van der Waals surface area (Å²) in [5, 5.41) is 9.76. The van der Waals surface area contributed by atoms with Crippen LogP contribution in [0, 0.1) is 5.92 Å². The molecule has 24 heavy (non-hydrogen) atoms. The molecule has 2 fully saturated rings. The van der Waals surface area contributed by atoms with Crippen LogP contribution in [0.25, 0.3) is 0 Å². The number of amides is 1. The fraction of sp³-hybridized carbons (Fsp3) is 0.632. The number of para-hydroxylation sites is 1. The smallest absolute Gasteiger partial charge is 0.226 e. The summed E-state index contributed by atoms with van der Waals surface area (Å²) < 4.78 is 5.43. The molecular formula is C19H28N2O3. The van der Waals surface area contributed by atoms with Gasteiger partial charge in [-0.15, -0.1) is 0 Å². The molecule has 0 radical (unpaired) electrons. The van der Waals surface area contributed by atoms with Crippen LogP contribution in [0.5, 0.6) is 5.75 Å². The van der Waals surface area contributed by atoms with Crippen LogP contribution in [0.15, 0.2) is 24.3 Å². The van der Waals surface area contributed by atoms with Crippen LogP contribution in [0.1, 0.15) is 31.2 Å². The molecule has 0 unspecified atom stereocenters. The fourth-order valence-corrected chi connectivity index (χ4v) is 3.60. The Bertz CT molecular complexity index is 569. The third-order valence-corrected chi connectivity index (χ3v) is 5.27. The van der Waals surface area contributed by atoms with E-state index in [9.17, 15) is 9.90 Å². The van der Waals surface area contributed by atoms with Crippen molar-refractivity contribution in [1.29, 1.82) is 0 Å². The molecule has 0 spiro atoms. The zero-order valence-electron chi connectivity index (χ0n) is 14.6. The summed E-state index contributed by atoms with van der Waals surface area (Å²) in [6.07, 6.45) is 1.45. The Morgan fingerprint density at radius 2 is 2.00 bits per heavy atom. The molecule has 2 aliphatic rings. The summed E-state index contributed by atoms with van der Waals surface area (Å²) in [5.74, 6) is 1.57. The van der Waals surface area contributed by atoms with Crippen molar-refractivity contribution >= 4 is 5.91 Å². The quantitative estimate of drug-likeness (QED) is 0.862. The third-order valence-electron chi connectivity index (χ3n) is 5.27. The summed E-state index contributed by atoms with van der Waals surface area (Å²) in [6, 6.07) is 8.01. The molecule has 5 heteroatoms. The second kappa shape index (κ2) is 7.53. The number of hydrogen-bond donors (Lipinski definition) is 1. The second-order valence-corrected chi connectivity index (χ2v) is 6.88. The summed E-state index contributed by atoms with van der Waals surface area (Å²) in [5.41, 5.74) is 1.16. The van der Waals surface area contributed by atoms with Gasteiger partial charge in [0.2, 0.25) is 5.91 Å². The van der Waals surface area contributed by atoms with Gasteiger partial charge in [0.15, 0.2) is 0 Å². The number of aliphatic hydroxyl groups is 1. The topological polar surface area (TPSA) is 53.0 Å². The van der Waals surface area contributed by atoms with Crippen LogP contribution >= 0.6 is 0 Å². The van der Waals surface area contributed by atoms with E-state index >= 15 is 0 Å². The maximum Gasteiger partial charge on any atom is 0.226 e. The first-order valence-corrected chi connectivity index (χ1v) is 8.96. The lowest BCUT2D eigenvalue weighted by atomic mass is 10.1. The zero-order valence-corrected chi connectivity index (χ0v) is 14.6. The van der Waals surface area contributed by atoms with Crippen molar-refractivity contribution in [3.05, 3.63) is 29.8 Å². The Morgan fingerprint density at radius 3 is 2.67 bits per heavy atom. The number of carbonyl (C=O) groups excluding carboxylic acids is 1. The monoisotopic (exact) mass is 332 g/mol. The molecule has 1 saturated heterocycles. The summed E-state index contributed by atoms with van der Waals surface area (Å²) in [7, 11) is 1.68. The van der Waals surface area contributed by atoms with Gasteiger partial charge < -0.3 is 14.7 Å². The van der Waals surface area contributed by atoms with Crippen LogP contribution in [-0.4, -0.2) is 66.8 Å². The maximum absolute atomic E-state index is 12.7. The lowest BCUT2D eigenvalue weighted by molar-refractivity contribution is -0.134. The molecule has 0 aromatic heterocycles. The molecule has 1 N–H and O–H groups in total. The number of hydrogen-bond acceptors (Lipinski definition) is 4. The van der Waals surface area contributed by atoms with E-state index in [1.54, 1.807) is 7.11 Å². The first kappa shape index (κ1) is 17.2. The minimum absolute atomic E-state index is 0.106. The summed E-state index contributed by atoms with van der Waals surface area (Å²) >= 11 is 0. The molecule has 132 valence electrons. The first-order valence-electron chi connectivity index (χ1n) is 8.96. The number of β-amino-alcohol motifs (C(OH)–C–C–N with tert-alkyl or cyclic N) is 1. The number of rotatable bonds is 6. The van der Waals surface area contributed by atoms with E-state index in [4.69, 9.17) is 4.74 Å². The SMILES string of the molecule is CC[C@H](O)CN1CCN(C(=O)[C@@H]2C[C@H]2c2ccccc2OC)CC1. The van der Waals surface area contributed by atoms with Gasteiger partial charge in [0.1, 0.15) is 5.75 Å². The van der Waals surface area contributed by atoms with Crippen LogP contribution in [0.2, 0.25) is 0 Å². The first-order chi connectivity index (χ1) is 11.6. The van der Waals surface area contributed by atoms with Crippen LogP contribution in [0.4, 0.5) is 0 Å². The van der Waals surface area contributed by atoms with Gasteiger partial charge in [-0.2, -0.15) is 0 Å². The lowest BCUT2D eigenvalue weighted by Gasteiger charge is -2.35. The molecular weight excluding hydrogens is 304 g/mol. The minimum Gasteiger partial charge on any atom is -0.496 e. The van der Waals surface area contributed by atoms with E-state index < -0.39 is 0 Å². The molecule has 5 nitrogen and oxygen atoms in total. The number of ether oxygens (including phenoxy) is 1. The average molecular weight is 332 g/mol. The van der Waals surface area contributed by atoms with Crippen LogP contribution in [-0.2, 0) is 4.79 Å². The minimum atomic E-state index is -0.259. The number of nitrogens with zero attached hydrogens (tertiary/aromatic N) is 2. The molecule has 3 rings (SSSR count). The predicted octanol–water partition coefficient (Wildman–Crippen LogP) is 1.71. The van der Waals surface area contributed by atoms with E-state index in [-0.39, 0.29) is 17.9 Å². The highest BCUT2D eigenvalue weighted by molar-refractivity contribution is 5.83. The fourth-order valence-electron chi connectivity index (χ4n) is 3.60. The Labute approximate surface area is 144 Å². The molecule has 1 amide bonds. The molecule has 1 aliphatic heterocycles. The predicted molar refractivity (Wildman–Crippen MR) is 93.2 cm³/mol. The van der Waals surface area contributed by atoms with Crippen molar-refractivity contribution in [2.24, 2.45) is 5.92 Å². The van der Waals surface area contributed by atoms with Gasteiger partial charge in [0.25, 0.3) is 0 Å². The van der Waals surface area contributed by atoms with E-state index in [2.05, 4.69) is 11.0 Å². The molecule has 0 bridgehead atoms. The highest BCUT2D eigenvalue weighted by Gasteiger charge is 2.47. The van der Waals surface area contributed by atoms with Gasteiger partial charge in [0.05, 0.1) is 13.2 Å². The zero-order chi connectivity index (χ0) is 17.1.